The molecule has 0 amide bonds. The van der Waals surface area contributed by atoms with Gasteiger partial charge in [-0.15, -0.1) is 0 Å². The van der Waals surface area contributed by atoms with E-state index in [1.165, 1.54) is 0 Å². The van der Waals surface area contributed by atoms with Crippen molar-refractivity contribution in [1.82, 2.24) is 0 Å². The van der Waals surface area contributed by atoms with Crippen molar-refractivity contribution < 1.29 is 55.4 Å². The van der Waals surface area contributed by atoms with Gasteiger partial charge >= 0.3 is 67.0 Å². The van der Waals surface area contributed by atoms with Gasteiger partial charge < -0.3 is 38.4 Å². The predicted octanol–water partition coefficient (Wildman–Crippen LogP) is -6.14. The third-order valence-corrected chi connectivity index (χ3v) is 0. The van der Waals surface area contributed by atoms with Crippen molar-refractivity contribution in [3.63, 3.8) is 0 Å². The molecule has 0 saturated heterocycles. The fourth-order valence-corrected chi connectivity index (χ4v) is 0. The van der Waals surface area contributed by atoms with E-state index in [1.807, 2.05) is 0 Å². The summed E-state index contributed by atoms with van der Waals surface area (Å²) >= 11 is 0. The Kier molecular flexibility index (Phi) is 19.3. The minimum Gasteiger partial charge on any atom is 0 e. The first-order valence-electron chi connectivity index (χ1n) is 1.79. The molecule has 0 heterocycles. The fourth-order valence-electron chi connectivity index (χ4n) is 0. The Hall–Kier alpha value is 2.20. The van der Waals surface area contributed by atoms with Crippen LogP contribution >= 0.6 is 0 Å². The molecule has 0 bridgehead atoms. The van der Waals surface area contributed by atoms with Crippen LogP contribution in [0.5, 0.6) is 0 Å². The van der Waals surface area contributed by atoms with Crippen LogP contribution in [-0.4, -0.2) is 105 Å². The molecule has 0 atom stereocenters. The molecule has 0 aliphatic carbocycles. The molecule has 8 N–H and O–H groups in total. The van der Waals surface area contributed by atoms with E-state index in [-0.39, 0.29) is 65.9 Å². The van der Waals surface area contributed by atoms with Crippen LogP contribution in [0.4, 0.5) is 0 Å². The van der Waals surface area contributed by atoms with E-state index in [4.69, 9.17) is 38.4 Å². The van der Waals surface area contributed by atoms with Crippen LogP contribution in [-0.2, 0) is 17.1 Å². The second kappa shape index (κ2) is 9.75. The Bertz CT molecular complexity index is 60.0. The van der Waals surface area contributed by atoms with Gasteiger partial charge in [-0.25, -0.2) is 0 Å². The molecule has 0 fully saturated rings. The standard InChI is InChI=1S/Ba.Cu.2H4O4Si.2H/c;;2*1-5(2,3)4;;/h;;2*1-4H;;. The zero-order valence-corrected chi connectivity index (χ0v) is 7.82. The van der Waals surface area contributed by atoms with Crippen LogP contribution in [0.15, 0.2) is 0 Å². The average molecular weight is 395 g/mol. The van der Waals surface area contributed by atoms with Crippen LogP contribution in [0.3, 0.4) is 0 Å². The molecule has 79 valence electrons. The topological polar surface area (TPSA) is 162 Å². The van der Waals surface area contributed by atoms with Crippen molar-refractivity contribution >= 4 is 67.0 Å². The quantitative estimate of drug-likeness (QED) is 0.188. The molecule has 0 rings (SSSR count). The second-order valence-corrected chi connectivity index (χ2v) is 3.60. The summed E-state index contributed by atoms with van der Waals surface area (Å²) in [5, 5.41) is 0. The first kappa shape index (κ1) is 23.8. The Morgan fingerprint density at radius 2 is 0.500 bits per heavy atom. The molecule has 0 saturated carbocycles. The van der Waals surface area contributed by atoms with Crippen LogP contribution < -0.4 is 0 Å². The Morgan fingerprint density at radius 1 is 0.500 bits per heavy atom. The average Bonchev–Trinajstić information content (AvgIpc) is 1.12. The smallest absolute Gasteiger partial charge is 0 e. The van der Waals surface area contributed by atoms with E-state index in [2.05, 4.69) is 0 Å². The van der Waals surface area contributed by atoms with Crippen molar-refractivity contribution in [1.29, 1.82) is 0 Å². The molecule has 0 aromatic rings. The van der Waals surface area contributed by atoms with Crippen molar-refractivity contribution in [2.24, 2.45) is 0 Å². The van der Waals surface area contributed by atoms with Gasteiger partial charge in [-0.05, 0) is 0 Å². The zero-order chi connectivity index (χ0) is 9.00. The summed E-state index contributed by atoms with van der Waals surface area (Å²) in [6.07, 6.45) is 0. The Morgan fingerprint density at radius 3 is 0.500 bits per heavy atom. The molecular formula is H10BaCuO8Si2. The maximum absolute atomic E-state index is 7.33. The van der Waals surface area contributed by atoms with Gasteiger partial charge in [-0.1, -0.05) is 0 Å². The molecule has 12 heteroatoms. The molecule has 0 aliphatic rings. The van der Waals surface area contributed by atoms with E-state index in [9.17, 15) is 0 Å². The molecule has 0 aromatic heterocycles. The Labute approximate surface area is 121 Å². The second-order valence-electron chi connectivity index (χ2n) is 1.20. The number of hydrogen-bond acceptors (Lipinski definition) is 8. The Balaban J connectivity index is -0.0000000457. The molecule has 0 unspecified atom stereocenters. The van der Waals surface area contributed by atoms with E-state index in [1.54, 1.807) is 0 Å². The van der Waals surface area contributed by atoms with Crippen LogP contribution in [0, 0.1) is 0 Å². The zero-order valence-electron chi connectivity index (χ0n) is 4.88. The molecule has 0 aromatic carbocycles. The fraction of sp³-hybridized carbons (Fsp3) is 0. The van der Waals surface area contributed by atoms with Crippen molar-refractivity contribution in [2.75, 3.05) is 0 Å². The summed E-state index contributed by atoms with van der Waals surface area (Å²) < 4.78 is 0. The predicted molar refractivity (Wildman–Crippen MR) is 37.8 cm³/mol. The van der Waals surface area contributed by atoms with E-state index in [0.717, 1.165) is 0 Å². The summed E-state index contributed by atoms with van der Waals surface area (Å²) in [6.45, 7) is 0. The monoisotopic (exact) mass is 395 g/mol. The van der Waals surface area contributed by atoms with Crippen LogP contribution in [0.2, 0.25) is 0 Å². The molecule has 0 spiro atoms. The number of hydrogen-bond donors (Lipinski definition) is 8. The summed E-state index contributed by atoms with van der Waals surface area (Å²) in [7, 11) is -9.22. The normalized spacial score (nSPS) is 10.0. The molecule has 1 radical (unpaired) electrons. The molecule has 8 nitrogen and oxygen atoms in total. The summed E-state index contributed by atoms with van der Waals surface area (Å²) in [6, 6.07) is 0. The van der Waals surface area contributed by atoms with E-state index in [0.29, 0.717) is 0 Å². The molecular weight excluding hydrogens is 385 g/mol. The van der Waals surface area contributed by atoms with E-state index >= 15 is 0 Å². The summed E-state index contributed by atoms with van der Waals surface area (Å²) in [5.41, 5.74) is 0. The van der Waals surface area contributed by atoms with Gasteiger partial charge in [-0.3, -0.25) is 0 Å². The number of rotatable bonds is 0. The van der Waals surface area contributed by atoms with Gasteiger partial charge in [0.1, 0.15) is 0 Å². The van der Waals surface area contributed by atoms with Gasteiger partial charge in [0, 0.05) is 17.1 Å². The third kappa shape index (κ3) is 315. The van der Waals surface area contributed by atoms with Gasteiger partial charge in [0.2, 0.25) is 0 Å². The maximum atomic E-state index is 7.33. The van der Waals surface area contributed by atoms with Crippen molar-refractivity contribution in [3.8, 4) is 0 Å². The van der Waals surface area contributed by atoms with Gasteiger partial charge in [0.25, 0.3) is 0 Å². The third-order valence-electron chi connectivity index (χ3n) is 0. The summed E-state index contributed by atoms with van der Waals surface area (Å²) in [5.74, 6) is 0. The molecule has 0 aliphatic heterocycles. The van der Waals surface area contributed by atoms with Gasteiger partial charge in [0.05, 0.1) is 0 Å². The summed E-state index contributed by atoms with van der Waals surface area (Å²) in [4.78, 5) is 58.6. The largest absolute Gasteiger partial charge is 0 e. The van der Waals surface area contributed by atoms with Crippen LogP contribution in [0.25, 0.3) is 0 Å². The minimum atomic E-state index is -4.61. The molecule has 12 heavy (non-hydrogen) atoms. The SMILES string of the molecule is O[Si](O)(O)O.O[Si](O)(O)O.[BaH2].[Cu]. The van der Waals surface area contributed by atoms with Crippen LogP contribution in [0.1, 0.15) is 0 Å². The van der Waals surface area contributed by atoms with Crippen molar-refractivity contribution in [3.05, 3.63) is 0 Å². The maximum Gasteiger partial charge on any atom is 0 e. The van der Waals surface area contributed by atoms with Crippen molar-refractivity contribution in [2.45, 2.75) is 0 Å². The van der Waals surface area contributed by atoms with Gasteiger partial charge in [0.15, 0.2) is 0 Å². The minimum absolute atomic E-state index is 0. The first-order valence-corrected chi connectivity index (χ1v) is 5.37. The first-order chi connectivity index (χ1) is 4.00. The van der Waals surface area contributed by atoms with E-state index < -0.39 is 18.1 Å². The van der Waals surface area contributed by atoms with Gasteiger partial charge in [-0.2, -0.15) is 0 Å².